The Hall–Kier alpha value is -2.11. The highest BCUT2D eigenvalue weighted by Gasteiger charge is 2.17. The number of aryl methyl sites for hydroxylation is 1. The molecule has 1 heterocycles. The van der Waals surface area contributed by atoms with E-state index in [1.54, 1.807) is 0 Å². The lowest BCUT2D eigenvalue weighted by molar-refractivity contribution is 0.102. The SMILES string of the molecule is CCN1CCN(c2ccc(NC(=O)c3ccc(Cl)cc3F)c(C)c2)CC1. The predicted molar refractivity (Wildman–Crippen MR) is 105 cm³/mol. The van der Waals surface area contributed by atoms with Crippen LogP contribution in [0.15, 0.2) is 36.4 Å². The van der Waals surface area contributed by atoms with Crippen LogP contribution in [0.4, 0.5) is 15.8 Å². The number of carbonyl (C=O) groups excluding carboxylic acids is 1. The molecule has 1 fully saturated rings. The minimum absolute atomic E-state index is 0.0198. The Morgan fingerprint density at radius 1 is 1.15 bits per heavy atom. The Morgan fingerprint density at radius 3 is 2.50 bits per heavy atom. The molecule has 4 nitrogen and oxygen atoms in total. The molecule has 0 atom stereocenters. The van der Waals surface area contributed by atoms with Crippen molar-refractivity contribution in [1.82, 2.24) is 4.90 Å². The summed E-state index contributed by atoms with van der Waals surface area (Å²) in [6.45, 7) is 9.32. The molecule has 1 saturated heterocycles. The normalized spacial score (nSPS) is 15.2. The lowest BCUT2D eigenvalue weighted by atomic mass is 10.1. The van der Waals surface area contributed by atoms with Crippen LogP contribution in [-0.2, 0) is 0 Å². The van der Waals surface area contributed by atoms with E-state index in [4.69, 9.17) is 11.6 Å². The van der Waals surface area contributed by atoms with Crippen molar-refractivity contribution in [2.75, 3.05) is 42.9 Å². The fourth-order valence-electron chi connectivity index (χ4n) is 3.17. The highest BCUT2D eigenvalue weighted by atomic mass is 35.5. The van der Waals surface area contributed by atoms with Crippen LogP contribution in [0.3, 0.4) is 0 Å². The number of hydrogen-bond donors (Lipinski definition) is 1. The molecular formula is C20H23ClFN3O. The van der Waals surface area contributed by atoms with Crippen molar-refractivity contribution in [1.29, 1.82) is 0 Å². The van der Waals surface area contributed by atoms with Crippen LogP contribution in [0.5, 0.6) is 0 Å². The van der Waals surface area contributed by atoms with Gasteiger partial charge in [0.25, 0.3) is 5.91 Å². The van der Waals surface area contributed by atoms with E-state index >= 15 is 0 Å². The van der Waals surface area contributed by atoms with Gasteiger partial charge in [-0.2, -0.15) is 0 Å². The van der Waals surface area contributed by atoms with E-state index in [-0.39, 0.29) is 10.6 Å². The maximum atomic E-state index is 13.9. The first kappa shape index (κ1) is 18.7. The van der Waals surface area contributed by atoms with E-state index in [0.717, 1.165) is 50.0 Å². The minimum atomic E-state index is -0.627. The van der Waals surface area contributed by atoms with Crippen LogP contribution >= 0.6 is 11.6 Å². The molecule has 3 rings (SSSR count). The van der Waals surface area contributed by atoms with Gasteiger partial charge in [-0.25, -0.2) is 4.39 Å². The molecule has 0 radical (unpaired) electrons. The molecule has 0 spiro atoms. The van der Waals surface area contributed by atoms with Crippen LogP contribution in [0.1, 0.15) is 22.8 Å². The number of amides is 1. The highest BCUT2D eigenvalue weighted by molar-refractivity contribution is 6.30. The Bertz CT molecular complexity index is 804. The van der Waals surface area contributed by atoms with Crippen molar-refractivity contribution in [3.05, 3.63) is 58.4 Å². The van der Waals surface area contributed by atoms with Gasteiger partial charge in [0.05, 0.1) is 5.56 Å². The standard InChI is InChI=1S/C20H23ClFN3O/c1-3-24-8-10-25(11-9-24)16-5-7-19(14(2)12-16)23-20(26)17-6-4-15(21)13-18(17)22/h4-7,12-13H,3,8-11H2,1-2H3,(H,23,26). The number of likely N-dealkylation sites (N-methyl/N-ethyl adjacent to an activating group) is 1. The third-order valence-corrected chi connectivity index (χ3v) is 5.05. The van der Waals surface area contributed by atoms with Gasteiger partial charge in [-0.05, 0) is 55.4 Å². The summed E-state index contributed by atoms with van der Waals surface area (Å²) in [6, 6.07) is 9.98. The molecule has 2 aromatic carbocycles. The lowest BCUT2D eigenvalue weighted by Gasteiger charge is -2.35. The van der Waals surface area contributed by atoms with Crippen LogP contribution in [0.25, 0.3) is 0 Å². The van der Waals surface area contributed by atoms with Crippen molar-refractivity contribution in [3.63, 3.8) is 0 Å². The van der Waals surface area contributed by atoms with Crippen LogP contribution in [0, 0.1) is 12.7 Å². The second kappa shape index (κ2) is 8.06. The molecule has 0 bridgehead atoms. The third kappa shape index (κ3) is 4.17. The first-order valence-corrected chi connectivity index (χ1v) is 9.20. The topological polar surface area (TPSA) is 35.6 Å². The second-order valence-electron chi connectivity index (χ2n) is 6.50. The van der Waals surface area contributed by atoms with Gasteiger partial charge < -0.3 is 15.1 Å². The zero-order chi connectivity index (χ0) is 18.7. The largest absolute Gasteiger partial charge is 0.369 e. The highest BCUT2D eigenvalue weighted by Crippen LogP contribution is 2.25. The molecule has 138 valence electrons. The number of hydrogen-bond acceptors (Lipinski definition) is 3. The maximum Gasteiger partial charge on any atom is 0.258 e. The lowest BCUT2D eigenvalue weighted by Crippen LogP contribution is -2.46. The van der Waals surface area contributed by atoms with Crippen molar-refractivity contribution < 1.29 is 9.18 Å². The number of nitrogens with zero attached hydrogens (tertiary/aromatic N) is 2. The van der Waals surface area contributed by atoms with E-state index in [9.17, 15) is 9.18 Å². The van der Waals surface area contributed by atoms with Gasteiger partial charge in [0.15, 0.2) is 0 Å². The van der Waals surface area contributed by atoms with Gasteiger partial charge in [0.1, 0.15) is 5.82 Å². The van der Waals surface area contributed by atoms with Gasteiger partial charge in [-0.3, -0.25) is 4.79 Å². The average Bonchev–Trinajstić information content (AvgIpc) is 2.63. The molecule has 6 heteroatoms. The minimum Gasteiger partial charge on any atom is -0.369 e. The molecular weight excluding hydrogens is 353 g/mol. The van der Waals surface area contributed by atoms with Crippen molar-refractivity contribution in [2.24, 2.45) is 0 Å². The van der Waals surface area contributed by atoms with E-state index in [0.29, 0.717) is 5.69 Å². The molecule has 2 aromatic rings. The van der Waals surface area contributed by atoms with Crippen LogP contribution < -0.4 is 10.2 Å². The summed E-state index contributed by atoms with van der Waals surface area (Å²) >= 11 is 5.74. The number of piperazine rings is 1. The first-order chi connectivity index (χ1) is 12.5. The quantitative estimate of drug-likeness (QED) is 0.870. The van der Waals surface area contributed by atoms with E-state index in [1.807, 2.05) is 19.1 Å². The predicted octanol–water partition coefficient (Wildman–Crippen LogP) is 4.18. The van der Waals surface area contributed by atoms with E-state index in [1.165, 1.54) is 12.1 Å². The number of carbonyl (C=O) groups is 1. The Labute approximate surface area is 158 Å². The molecule has 1 N–H and O–H groups in total. The molecule has 0 unspecified atom stereocenters. The summed E-state index contributed by atoms with van der Waals surface area (Å²) < 4.78 is 13.9. The average molecular weight is 376 g/mol. The Morgan fingerprint density at radius 2 is 1.88 bits per heavy atom. The molecule has 1 aliphatic rings. The zero-order valence-corrected chi connectivity index (χ0v) is 15.8. The van der Waals surface area contributed by atoms with Gasteiger partial charge in [-0.15, -0.1) is 0 Å². The molecule has 1 aliphatic heterocycles. The Kier molecular flexibility index (Phi) is 5.79. The summed E-state index contributed by atoms with van der Waals surface area (Å²) in [5.74, 6) is -1.11. The number of benzene rings is 2. The molecule has 0 aliphatic carbocycles. The Balaban J connectivity index is 1.71. The van der Waals surface area contributed by atoms with Crippen molar-refractivity contribution in [2.45, 2.75) is 13.8 Å². The third-order valence-electron chi connectivity index (χ3n) is 4.82. The van der Waals surface area contributed by atoms with Gasteiger partial charge in [-0.1, -0.05) is 18.5 Å². The number of halogens is 2. The fraction of sp³-hybridized carbons (Fsp3) is 0.350. The van der Waals surface area contributed by atoms with Crippen molar-refractivity contribution >= 4 is 28.9 Å². The first-order valence-electron chi connectivity index (χ1n) is 8.82. The van der Waals surface area contributed by atoms with Crippen molar-refractivity contribution in [3.8, 4) is 0 Å². The van der Waals surface area contributed by atoms with Gasteiger partial charge in [0, 0.05) is 42.6 Å². The fourth-order valence-corrected chi connectivity index (χ4v) is 3.33. The molecule has 0 saturated carbocycles. The molecule has 26 heavy (non-hydrogen) atoms. The van der Waals surface area contributed by atoms with Crippen LogP contribution in [0.2, 0.25) is 5.02 Å². The summed E-state index contributed by atoms with van der Waals surface area (Å²) in [5, 5.41) is 3.05. The maximum absolute atomic E-state index is 13.9. The summed E-state index contributed by atoms with van der Waals surface area (Å²) in [4.78, 5) is 17.1. The monoisotopic (exact) mass is 375 g/mol. The number of rotatable bonds is 4. The van der Waals surface area contributed by atoms with Gasteiger partial charge >= 0.3 is 0 Å². The van der Waals surface area contributed by atoms with E-state index in [2.05, 4.69) is 28.1 Å². The number of anilines is 2. The summed E-state index contributed by atoms with van der Waals surface area (Å²) in [5.41, 5.74) is 2.76. The van der Waals surface area contributed by atoms with Gasteiger partial charge in [0.2, 0.25) is 0 Å². The zero-order valence-electron chi connectivity index (χ0n) is 15.1. The smallest absolute Gasteiger partial charge is 0.258 e. The van der Waals surface area contributed by atoms with E-state index < -0.39 is 11.7 Å². The molecule has 1 amide bonds. The summed E-state index contributed by atoms with van der Waals surface area (Å²) in [7, 11) is 0. The number of nitrogens with one attached hydrogen (secondary N) is 1. The van der Waals surface area contributed by atoms with Crippen LogP contribution in [-0.4, -0.2) is 43.5 Å². The molecule has 0 aromatic heterocycles. The summed E-state index contributed by atoms with van der Waals surface area (Å²) in [6.07, 6.45) is 0. The second-order valence-corrected chi connectivity index (χ2v) is 6.94.